The second kappa shape index (κ2) is 10.3. The molecule has 1 fully saturated rings. The summed E-state index contributed by atoms with van der Waals surface area (Å²) in [4.78, 5) is 15.5. The highest BCUT2D eigenvalue weighted by Crippen LogP contribution is 2.23. The third-order valence-electron chi connectivity index (χ3n) is 6.07. The van der Waals surface area contributed by atoms with E-state index >= 15 is 0 Å². The van der Waals surface area contributed by atoms with Gasteiger partial charge in [0.1, 0.15) is 24.5 Å². The SMILES string of the molecule is Cc1c(C=O)cccc1OCc1ccc(CN2CCN(c3ccc(C#N)cc3F)CC2)cc1. The van der Waals surface area contributed by atoms with E-state index in [-0.39, 0.29) is 5.82 Å². The average molecular weight is 444 g/mol. The molecule has 3 aromatic rings. The van der Waals surface area contributed by atoms with Crippen LogP contribution >= 0.6 is 0 Å². The van der Waals surface area contributed by atoms with Gasteiger partial charge in [0.25, 0.3) is 0 Å². The van der Waals surface area contributed by atoms with E-state index in [0.29, 0.717) is 23.4 Å². The van der Waals surface area contributed by atoms with Crippen LogP contribution in [-0.4, -0.2) is 37.4 Å². The molecule has 0 radical (unpaired) electrons. The lowest BCUT2D eigenvalue weighted by Crippen LogP contribution is -2.46. The molecule has 0 unspecified atom stereocenters. The fourth-order valence-corrected chi connectivity index (χ4v) is 4.06. The highest BCUT2D eigenvalue weighted by atomic mass is 19.1. The molecule has 0 N–H and O–H groups in total. The van der Waals surface area contributed by atoms with Gasteiger partial charge in [0.05, 0.1) is 17.3 Å². The number of aldehydes is 1. The van der Waals surface area contributed by atoms with Crippen LogP contribution in [0.1, 0.15) is 32.6 Å². The minimum absolute atomic E-state index is 0.339. The van der Waals surface area contributed by atoms with Crippen LogP contribution in [0.2, 0.25) is 0 Å². The van der Waals surface area contributed by atoms with E-state index in [0.717, 1.165) is 55.9 Å². The third kappa shape index (κ3) is 5.39. The van der Waals surface area contributed by atoms with Crippen molar-refractivity contribution in [1.29, 1.82) is 5.26 Å². The van der Waals surface area contributed by atoms with E-state index in [1.807, 2.05) is 30.0 Å². The number of rotatable bonds is 7. The van der Waals surface area contributed by atoms with Gasteiger partial charge in [0.2, 0.25) is 0 Å². The predicted molar refractivity (Wildman–Crippen MR) is 126 cm³/mol. The number of nitriles is 1. The first kappa shape index (κ1) is 22.5. The number of hydrogen-bond acceptors (Lipinski definition) is 5. The van der Waals surface area contributed by atoms with Gasteiger partial charge in [-0.1, -0.05) is 36.4 Å². The van der Waals surface area contributed by atoms with Crippen molar-refractivity contribution in [3.8, 4) is 11.8 Å². The summed E-state index contributed by atoms with van der Waals surface area (Å²) in [5, 5.41) is 8.91. The Balaban J connectivity index is 1.29. The molecular weight excluding hydrogens is 417 g/mol. The largest absolute Gasteiger partial charge is 0.489 e. The number of piperazine rings is 1. The van der Waals surface area contributed by atoms with Gasteiger partial charge in [0, 0.05) is 43.9 Å². The quantitative estimate of drug-likeness (QED) is 0.495. The molecule has 1 heterocycles. The summed E-state index contributed by atoms with van der Waals surface area (Å²) in [6, 6.07) is 20.5. The lowest BCUT2D eigenvalue weighted by Gasteiger charge is -2.36. The molecule has 4 rings (SSSR count). The van der Waals surface area contributed by atoms with Gasteiger partial charge >= 0.3 is 0 Å². The van der Waals surface area contributed by atoms with Crippen LogP contribution < -0.4 is 9.64 Å². The normalized spacial score (nSPS) is 14.0. The van der Waals surface area contributed by atoms with Crippen LogP contribution in [0.4, 0.5) is 10.1 Å². The lowest BCUT2D eigenvalue weighted by atomic mass is 10.1. The molecule has 168 valence electrons. The van der Waals surface area contributed by atoms with Gasteiger partial charge in [0.15, 0.2) is 0 Å². The van der Waals surface area contributed by atoms with Crippen molar-refractivity contribution in [3.05, 3.63) is 94.3 Å². The minimum atomic E-state index is -0.339. The van der Waals surface area contributed by atoms with Gasteiger partial charge in [-0.15, -0.1) is 0 Å². The van der Waals surface area contributed by atoms with Gasteiger partial charge in [-0.05, 0) is 42.3 Å². The van der Waals surface area contributed by atoms with Crippen molar-refractivity contribution in [2.45, 2.75) is 20.1 Å². The number of carbonyl (C=O) groups excluding carboxylic acids is 1. The minimum Gasteiger partial charge on any atom is -0.489 e. The van der Waals surface area contributed by atoms with Gasteiger partial charge < -0.3 is 9.64 Å². The zero-order valence-electron chi connectivity index (χ0n) is 18.6. The Morgan fingerprint density at radius 2 is 1.76 bits per heavy atom. The molecule has 6 heteroatoms. The summed E-state index contributed by atoms with van der Waals surface area (Å²) in [7, 11) is 0. The number of carbonyl (C=O) groups is 1. The van der Waals surface area contributed by atoms with Crippen molar-refractivity contribution < 1.29 is 13.9 Å². The zero-order chi connectivity index (χ0) is 23.2. The molecule has 0 spiro atoms. The maximum atomic E-state index is 14.3. The molecule has 0 aliphatic carbocycles. The summed E-state index contributed by atoms with van der Waals surface area (Å²) in [5.74, 6) is 0.383. The standard InChI is InChI=1S/C27H26FN3O2/c1-20-24(18-32)3-2-4-27(20)33-19-22-7-5-21(6-8-22)17-30-11-13-31(14-12-30)26-10-9-23(16-29)15-25(26)28/h2-10,15,18H,11-14,17,19H2,1H3. The molecule has 3 aromatic carbocycles. The average Bonchev–Trinajstić information content (AvgIpc) is 2.85. The van der Waals surface area contributed by atoms with Gasteiger partial charge in [-0.3, -0.25) is 9.69 Å². The Kier molecular flexibility index (Phi) is 7.01. The number of hydrogen-bond donors (Lipinski definition) is 0. The van der Waals surface area contributed by atoms with Gasteiger partial charge in [-0.2, -0.15) is 5.26 Å². The summed E-state index contributed by atoms with van der Waals surface area (Å²) in [6.45, 7) is 6.34. The Hall–Kier alpha value is -3.69. The number of halogens is 1. The van der Waals surface area contributed by atoms with Crippen molar-refractivity contribution in [2.24, 2.45) is 0 Å². The van der Waals surface area contributed by atoms with Crippen molar-refractivity contribution in [2.75, 3.05) is 31.1 Å². The van der Waals surface area contributed by atoms with E-state index in [1.54, 1.807) is 18.2 Å². The second-order valence-corrected chi connectivity index (χ2v) is 8.23. The van der Waals surface area contributed by atoms with Crippen LogP contribution in [0.15, 0.2) is 60.7 Å². The molecule has 5 nitrogen and oxygen atoms in total. The smallest absolute Gasteiger partial charge is 0.150 e. The van der Waals surface area contributed by atoms with Crippen LogP contribution in [0.25, 0.3) is 0 Å². The molecule has 0 bridgehead atoms. The van der Waals surface area contributed by atoms with Crippen LogP contribution in [0.3, 0.4) is 0 Å². The molecule has 0 amide bonds. The monoisotopic (exact) mass is 443 g/mol. The van der Waals surface area contributed by atoms with E-state index in [4.69, 9.17) is 10.00 Å². The molecule has 1 saturated heterocycles. The Morgan fingerprint density at radius 1 is 1.03 bits per heavy atom. The van der Waals surface area contributed by atoms with Crippen molar-refractivity contribution in [1.82, 2.24) is 4.90 Å². The lowest BCUT2D eigenvalue weighted by molar-refractivity contribution is 0.112. The van der Waals surface area contributed by atoms with Crippen LogP contribution in [0, 0.1) is 24.1 Å². The second-order valence-electron chi connectivity index (χ2n) is 8.23. The predicted octanol–water partition coefficient (Wildman–Crippen LogP) is 4.72. The molecule has 0 atom stereocenters. The van der Waals surface area contributed by atoms with Crippen LogP contribution in [-0.2, 0) is 13.2 Å². The Morgan fingerprint density at radius 3 is 2.42 bits per heavy atom. The summed E-state index contributed by atoms with van der Waals surface area (Å²) in [5.41, 5.74) is 4.68. The Bertz CT molecular complexity index is 1160. The Labute approximate surface area is 193 Å². The first-order valence-corrected chi connectivity index (χ1v) is 11.0. The van der Waals surface area contributed by atoms with Crippen LogP contribution in [0.5, 0.6) is 5.75 Å². The number of nitrogens with zero attached hydrogens (tertiary/aromatic N) is 3. The molecule has 0 saturated carbocycles. The molecule has 1 aliphatic heterocycles. The molecule has 33 heavy (non-hydrogen) atoms. The number of anilines is 1. The van der Waals surface area contributed by atoms with E-state index < -0.39 is 0 Å². The fourth-order valence-electron chi connectivity index (χ4n) is 4.06. The summed E-state index contributed by atoms with van der Waals surface area (Å²) >= 11 is 0. The number of ether oxygens (including phenoxy) is 1. The van der Waals surface area contributed by atoms with E-state index in [9.17, 15) is 9.18 Å². The van der Waals surface area contributed by atoms with E-state index in [1.165, 1.54) is 11.6 Å². The third-order valence-corrected chi connectivity index (χ3v) is 6.07. The first-order chi connectivity index (χ1) is 16.1. The molecule has 0 aromatic heterocycles. The first-order valence-electron chi connectivity index (χ1n) is 11.0. The van der Waals surface area contributed by atoms with Crippen molar-refractivity contribution >= 4 is 12.0 Å². The fraction of sp³-hybridized carbons (Fsp3) is 0.259. The summed E-state index contributed by atoms with van der Waals surface area (Å²) < 4.78 is 20.2. The van der Waals surface area contributed by atoms with Gasteiger partial charge in [-0.25, -0.2) is 4.39 Å². The van der Waals surface area contributed by atoms with Crippen molar-refractivity contribution in [3.63, 3.8) is 0 Å². The number of benzene rings is 3. The maximum Gasteiger partial charge on any atom is 0.150 e. The highest BCUT2D eigenvalue weighted by Gasteiger charge is 2.20. The summed E-state index contributed by atoms with van der Waals surface area (Å²) in [6.07, 6.45) is 0.845. The molecular formula is C27H26FN3O2. The maximum absolute atomic E-state index is 14.3. The van der Waals surface area contributed by atoms with E-state index in [2.05, 4.69) is 29.2 Å². The highest BCUT2D eigenvalue weighted by molar-refractivity contribution is 5.78. The topological polar surface area (TPSA) is 56.6 Å². The molecule has 1 aliphatic rings. The zero-order valence-corrected chi connectivity index (χ0v) is 18.6.